The van der Waals surface area contributed by atoms with Crippen LogP contribution in [0.25, 0.3) is 22.3 Å². The molecule has 1 aromatic heterocycles. The number of nitrogens with zero attached hydrogens (tertiary/aromatic N) is 1. The van der Waals surface area contributed by atoms with Gasteiger partial charge in [0.15, 0.2) is 0 Å². The lowest BCUT2D eigenvalue weighted by atomic mass is 9.90. The zero-order chi connectivity index (χ0) is 21.0. The van der Waals surface area contributed by atoms with Crippen molar-refractivity contribution in [3.8, 4) is 28.0 Å². The Morgan fingerprint density at radius 3 is 2.45 bits per heavy atom. The average molecular weight is 410 g/mol. The fourth-order valence-corrected chi connectivity index (χ4v) is 4.30. The highest BCUT2D eigenvalue weighted by atomic mass is 32.1. The minimum atomic E-state index is 0.604. The van der Waals surface area contributed by atoms with Crippen LogP contribution < -0.4 is 20.7 Å². The molecule has 0 fully saturated rings. The standard InChI is InChI=1S/C23H27N3O2S/c1-15-13-20(28-4)21(17-5-7-18(8-6-17)26(3)11-10-24)22(23(15)25-14-27)19-9-12-29-16(19)2/h5-9,12-14H,10-11,24H2,1-4H3,(H,25,27). The van der Waals surface area contributed by atoms with Crippen LogP contribution in [0.15, 0.2) is 41.8 Å². The van der Waals surface area contributed by atoms with Crippen LogP contribution in [-0.4, -0.2) is 33.7 Å². The first-order valence-electron chi connectivity index (χ1n) is 9.49. The number of carbonyl (C=O) groups is 1. The predicted octanol–water partition coefficient (Wildman–Crippen LogP) is 4.67. The van der Waals surface area contributed by atoms with Crippen LogP contribution in [0.2, 0.25) is 0 Å². The van der Waals surface area contributed by atoms with Crippen LogP contribution in [0.4, 0.5) is 11.4 Å². The van der Waals surface area contributed by atoms with Crippen molar-refractivity contribution in [3.05, 3.63) is 52.2 Å². The van der Waals surface area contributed by atoms with Gasteiger partial charge in [0.05, 0.1) is 12.8 Å². The van der Waals surface area contributed by atoms with Crippen molar-refractivity contribution in [1.82, 2.24) is 0 Å². The Morgan fingerprint density at radius 2 is 1.90 bits per heavy atom. The summed E-state index contributed by atoms with van der Waals surface area (Å²) >= 11 is 1.69. The number of aryl methyl sites for hydroxylation is 2. The second kappa shape index (κ2) is 9.11. The summed E-state index contributed by atoms with van der Waals surface area (Å²) in [5, 5.41) is 4.98. The maximum Gasteiger partial charge on any atom is 0.211 e. The normalized spacial score (nSPS) is 10.7. The number of likely N-dealkylation sites (N-methyl/N-ethyl adjacent to an activating group) is 1. The molecule has 0 saturated carbocycles. The van der Waals surface area contributed by atoms with E-state index in [1.54, 1.807) is 18.4 Å². The average Bonchev–Trinajstić information content (AvgIpc) is 3.15. The number of nitrogens with one attached hydrogen (secondary N) is 1. The van der Waals surface area contributed by atoms with Crippen LogP contribution in [0.3, 0.4) is 0 Å². The number of hydrogen-bond donors (Lipinski definition) is 2. The van der Waals surface area contributed by atoms with Gasteiger partial charge in [-0.25, -0.2) is 0 Å². The largest absolute Gasteiger partial charge is 0.496 e. The fourth-order valence-electron chi connectivity index (χ4n) is 3.60. The van der Waals surface area contributed by atoms with Gasteiger partial charge in [0.1, 0.15) is 5.75 Å². The molecule has 6 heteroatoms. The summed E-state index contributed by atoms with van der Waals surface area (Å²) in [6.45, 7) is 5.47. The first-order valence-corrected chi connectivity index (χ1v) is 10.4. The van der Waals surface area contributed by atoms with E-state index in [4.69, 9.17) is 10.5 Å². The number of methoxy groups -OCH3 is 1. The molecule has 3 rings (SSSR count). The lowest BCUT2D eigenvalue weighted by Gasteiger charge is -2.22. The molecular weight excluding hydrogens is 382 g/mol. The number of ether oxygens (including phenoxy) is 1. The van der Waals surface area contributed by atoms with Gasteiger partial charge in [-0.2, -0.15) is 0 Å². The maximum atomic E-state index is 11.4. The molecular formula is C23H27N3O2S. The van der Waals surface area contributed by atoms with Crippen molar-refractivity contribution in [1.29, 1.82) is 0 Å². The molecule has 5 nitrogen and oxygen atoms in total. The van der Waals surface area contributed by atoms with E-state index in [9.17, 15) is 4.79 Å². The maximum absolute atomic E-state index is 11.4. The number of benzene rings is 2. The van der Waals surface area contributed by atoms with Crippen LogP contribution in [0, 0.1) is 13.8 Å². The number of nitrogens with two attached hydrogens (primary N) is 1. The van der Waals surface area contributed by atoms with Gasteiger partial charge in [-0.15, -0.1) is 11.3 Å². The topological polar surface area (TPSA) is 67.6 Å². The predicted molar refractivity (Wildman–Crippen MR) is 123 cm³/mol. The molecule has 1 heterocycles. The molecule has 0 aliphatic carbocycles. The monoisotopic (exact) mass is 409 g/mol. The van der Waals surface area contributed by atoms with Gasteiger partial charge in [0.25, 0.3) is 0 Å². The van der Waals surface area contributed by atoms with Crippen LogP contribution in [0.5, 0.6) is 5.75 Å². The number of carbonyl (C=O) groups excluding carboxylic acids is 1. The summed E-state index contributed by atoms with van der Waals surface area (Å²) in [6, 6.07) is 12.4. The minimum absolute atomic E-state index is 0.604. The summed E-state index contributed by atoms with van der Waals surface area (Å²) in [5.41, 5.74) is 12.6. The second-order valence-corrected chi connectivity index (χ2v) is 8.05. The van der Waals surface area contributed by atoms with Gasteiger partial charge in [0.2, 0.25) is 6.41 Å². The Hall–Kier alpha value is -2.83. The number of anilines is 2. The number of rotatable bonds is 8. The number of amides is 1. The smallest absolute Gasteiger partial charge is 0.211 e. The van der Waals surface area contributed by atoms with Crippen molar-refractivity contribution in [3.63, 3.8) is 0 Å². The van der Waals surface area contributed by atoms with E-state index in [1.165, 1.54) is 4.88 Å². The molecule has 29 heavy (non-hydrogen) atoms. The van der Waals surface area contributed by atoms with E-state index in [0.29, 0.717) is 6.54 Å². The van der Waals surface area contributed by atoms with E-state index in [-0.39, 0.29) is 0 Å². The molecule has 0 unspecified atom stereocenters. The molecule has 0 atom stereocenters. The second-order valence-electron chi connectivity index (χ2n) is 6.93. The summed E-state index contributed by atoms with van der Waals surface area (Å²) in [6.07, 6.45) is 0.731. The summed E-state index contributed by atoms with van der Waals surface area (Å²) < 4.78 is 5.77. The quantitative estimate of drug-likeness (QED) is 0.531. The van der Waals surface area contributed by atoms with Gasteiger partial charge in [-0.3, -0.25) is 4.79 Å². The first kappa shape index (κ1) is 20.9. The van der Waals surface area contributed by atoms with Crippen LogP contribution in [0.1, 0.15) is 10.4 Å². The molecule has 0 spiro atoms. The fraction of sp³-hybridized carbons (Fsp3) is 0.261. The Morgan fingerprint density at radius 1 is 1.17 bits per heavy atom. The Labute approximate surface area is 176 Å². The third kappa shape index (κ3) is 4.13. The van der Waals surface area contributed by atoms with Crippen LogP contribution >= 0.6 is 11.3 Å². The lowest BCUT2D eigenvalue weighted by molar-refractivity contribution is -0.105. The van der Waals surface area contributed by atoms with Gasteiger partial charge < -0.3 is 20.7 Å². The van der Waals surface area contributed by atoms with E-state index < -0.39 is 0 Å². The molecule has 2 aromatic carbocycles. The molecule has 0 radical (unpaired) electrons. The van der Waals surface area contributed by atoms with E-state index >= 15 is 0 Å². The van der Waals surface area contributed by atoms with Gasteiger partial charge in [-0.05, 0) is 60.2 Å². The van der Waals surface area contributed by atoms with Gasteiger partial charge >= 0.3 is 0 Å². The SMILES string of the molecule is COc1cc(C)c(NC=O)c(-c2ccsc2C)c1-c1ccc(N(C)CCN)cc1. The van der Waals surface area contributed by atoms with Crippen molar-refractivity contribution in [2.75, 3.05) is 37.5 Å². The highest BCUT2D eigenvalue weighted by Gasteiger charge is 2.21. The number of thiophene rings is 1. The van der Waals surface area contributed by atoms with E-state index in [1.807, 2.05) is 20.0 Å². The van der Waals surface area contributed by atoms with E-state index in [0.717, 1.165) is 57.9 Å². The zero-order valence-electron chi connectivity index (χ0n) is 17.3. The van der Waals surface area contributed by atoms with Crippen molar-refractivity contribution in [2.45, 2.75) is 13.8 Å². The molecule has 0 saturated heterocycles. The molecule has 152 valence electrons. The third-order valence-electron chi connectivity index (χ3n) is 5.10. The van der Waals surface area contributed by atoms with Crippen molar-refractivity contribution < 1.29 is 9.53 Å². The first-order chi connectivity index (χ1) is 14.0. The molecule has 0 aliphatic rings. The van der Waals surface area contributed by atoms with Gasteiger partial charge in [-0.1, -0.05) is 12.1 Å². The summed E-state index contributed by atoms with van der Waals surface area (Å²) in [5.74, 6) is 0.780. The zero-order valence-corrected chi connectivity index (χ0v) is 18.1. The summed E-state index contributed by atoms with van der Waals surface area (Å²) in [4.78, 5) is 14.7. The Balaban J connectivity index is 2.25. The number of hydrogen-bond acceptors (Lipinski definition) is 5. The lowest BCUT2D eigenvalue weighted by Crippen LogP contribution is -2.24. The third-order valence-corrected chi connectivity index (χ3v) is 5.95. The summed E-state index contributed by atoms with van der Waals surface area (Å²) in [7, 11) is 3.71. The Kier molecular flexibility index (Phi) is 6.56. The highest BCUT2D eigenvalue weighted by Crippen LogP contribution is 2.47. The van der Waals surface area contributed by atoms with Crippen molar-refractivity contribution in [2.24, 2.45) is 5.73 Å². The highest BCUT2D eigenvalue weighted by molar-refractivity contribution is 7.10. The van der Waals surface area contributed by atoms with Gasteiger partial charge in [0, 0.05) is 41.8 Å². The molecule has 0 aliphatic heterocycles. The Bertz CT molecular complexity index is 996. The van der Waals surface area contributed by atoms with Crippen LogP contribution in [-0.2, 0) is 4.79 Å². The molecule has 3 N–H and O–H groups in total. The van der Waals surface area contributed by atoms with Crippen molar-refractivity contribution >= 4 is 29.1 Å². The van der Waals surface area contributed by atoms with E-state index in [2.05, 4.69) is 52.9 Å². The molecule has 1 amide bonds. The minimum Gasteiger partial charge on any atom is -0.496 e. The molecule has 3 aromatic rings. The molecule has 0 bridgehead atoms.